The minimum Gasteiger partial charge on any atom is -0.281 e. The van der Waals surface area contributed by atoms with Gasteiger partial charge in [0, 0.05) is 12.6 Å². The van der Waals surface area contributed by atoms with E-state index in [1.165, 1.54) is 24.8 Å². The van der Waals surface area contributed by atoms with Crippen molar-refractivity contribution < 1.29 is 0 Å². The van der Waals surface area contributed by atoms with Gasteiger partial charge < -0.3 is 0 Å². The van der Waals surface area contributed by atoms with E-state index in [4.69, 9.17) is 12.2 Å². The van der Waals surface area contributed by atoms with Crippen molar-refractivity contribution in [1.82, 2.24) is 14.7 Å². The third-order valence-electron chi connectivity index (χ3n) is 4.14. The predicted octanol–water partition coefficient (Wildman–Crippen LogP) is 4.45. The zero-order valence-corrected chi connectivity index (χ0v) is 15.2. The predicted molar refractivity (Wildman–Crippen MR) is 97.2 cm³/mol. The van der Waals surface area contributed by atoms with E-state index in [0.29, 0.717) is 6.04 Å². The Morgan fingerprint density at radius 3 is 2.86 bits per heavy atom. The lowest BCUT2D eigenvalue weighted by Gasteiger charge is -2.35. The van der Waals surface area contributed by atoms with Crippen molar-refractivity contribution >= 4 is 35.3 Å². The Kier molecular flexibility index (Phi) is 5.68. The molecule has 1 aromatic heterocycles. The van der Waals surface area contributed by atoms with Gasteiger partial charge in [-0.05, 0) is 43.3 Å². The maximum Gasteiger partial charge on any atom is 0.181 e. The number of benzene rings is 1. The summed E-state index contributed by atoms with van der Waals surface area (Å²) in [5, 5.41) is 4.62. The highest BCUT2D eigenvalue weighted by molar-refractivity contribution is 8.00. The average molecular weight is 352 g/mol. The summed E-state index contributed by atoms with van der Waals surface area (Å²) in [6, 6.07) is 11.4. The van der Waals surface area contributed by atoms with Gasteiger partial charge in [-0.25, -0.2) is 4.68 Å². The van der Waals surface area contributed by atoms with E-state index in [9.17, 15) is 0 Å². The molecule has 0 aliphatic carbocycles. The highest BCUT2D eigenvalue weighted by Gasteiger charge is 2.23. The largest absolute Gasteiger partial charge is 0.281 e. The van der Waals surface area contributed by atoms with Crippen molar-refractivity contribution in [1.29, 1.82) is 0 Å². The summed E-state index contributed by atoms with van der Waals surface area (Å²) in [5.74, 6) is 0. The second-order valence-corrected chi connectivity index (χ2v) is 8.31. The van der Waals surface area contributed by atoms with Gasteiger partial charge in [0.15, 0.2) is 8.29 Å². The van der Waals surface area contributed by atoms with Crippen LogP contribution in [0.25, 0.3) is 0 Å². The van der Waals surface area contributed by atoms with Crippen LogP contribution in [-0.2, 0) is 13.1 Å². The van der Waals surface area contributed by atoms with Crippen molar-refractivity contribution in [2.45, 2.75) is 42.7 Å². The molecule has 118 valence electrons. The molecule has 3 nitrogen and oxygen atoms in total. The zero-order valence-electron chi connectivity index (χ0n) is 12.8. The van der Waals surface area contributed by atoms with Crippen LogP contribution in [0.1, 0.15) is 24.8 Å². The van der Waals surface area contributed by atoms with E-state index in [1.54, 1.807) is 23.1 Å². The van der Waals surface area contributed by atoms with Gasteiger partial charge in [0.1, 0.15) is 0 Å². The molecule has 1 aliphatic heterocycles. The maximum atomic E-state index is 5.45. The van der Waals surface area contributed by atoms with Crippen LogP contribution in [0.4, 0.5) is 0 Å². The number of nitrogens with zero attached hydrogens (tertiary/aromatic N) is 3. The van der Waals surface area contributed by atoms with Crippen LogP contribution in [-0.4, -0.2) is 33.5 Å². The minimum absolute atomic E-state index is 0.595. The topological polar surface area (TPSA) is 21.1 Å². The van der Waals surface area contributed by atoms with Gasteiger partial charge in [-0.2, -0.15) is 5.10 Å². The fraction of sp³-hybridized carbons (Fsp3) is 0.500. The Bertz CT molecular complexity index is 650. The SMILES string of the molecule is CSc1nn(CN2CCCCC2Cc2ccccc2)c(=S)s1. The van der Waals surface area contributed by atoms with Gasteiger partial charge in [-0.1, -0.05) is 59.9 Å². The molecule has 2 heterocycles. The van der Waals surface area contributed by atoms with E-state index in [1.807, 2.05) is 4.68 Å². The van der Waals surface area contributed by atoms with E-state index < -0.39 is 0 Å². The lowest BCUT2D eigenvalue weighted by molar-refractivity contribution is 0.103. The van der Waals surface area contributed by atoms with Gasteiger partial charge in [0.25, 0.3) is 0 Å². The van der Waals surface area contributed by atoms with Gasteiger partial charge in [-0.15, -0.1) is 0 Å². The molecule has 6 heteroatoms. The Hall–Kier alpha value is -0.690. The first-order valence-electron chi connectivity index (χ1n) is 7.66. The molecule has 1 saturated heterocycles. The number of hydrogen-bond donors (Lipinski definition) is 0. The molecule has 0 spiro atoms. The molecule has 0 amide bonds. The highest BCUT2D eigenvalue weighted by Crippen LogP contribution is 2.23. The quantitative estimate of drug-likeness (QED) is 0.586. The monoisotopic (exact) mass is 351 g/mol. The Balaban J connectivity index is 1.72. The summed E-state index contributed by atoms with van der Waals surface area (Å²) < 4.78 is 3.94. The van der Waals surface area contributed by atoms with Crippen LogP contribution in [0.5, 0.6) is 0 Å². The number of aromatic nitrogens is 2. The molecule has 3 rings (SSSR count). The molecule has 2 aromatic rings. The van der Waals surface area contributed by atoms with Gasteiger partial charge in [-0.3, -0.25) is 4.90 Å². The molecule has 1 aromatic carbocycles. The summed E-state index contributed by atoms with van der Waals surface area (Å²) in [6.07, 6.45) is 7.04. The molecule has 1 atom stereocenters. The number of rotatable bonds is 5. The van der Waals surface area contributed by atoms with E-state index >= 15 is 0 Å². The van der Waals surface area contributed by atoms with Crippen LogP contribution < -0.4 is 0 Å². The normalized spacial score (nSPS) is 19.4. The Labute approximate surface area is 145 Å². The molecular formula is C16H21N3S3. The zero-order chi connectivity index (χ0) is 15.4. The van der Waals surface area contributed by atoms with Crippen LogP contribution in [0.2, 0.25) is 0 Å². The minimum atomic E-state index is 0.595. The molecule has 22 heavy (non-hydrogen) atoms. The third-order valence-corrected chi connectivity index (χ3v) is 6.42. The fourth-order valence-electron chi connectivity index (χ4n) is 2.99. The molecule has 1 unspecified atom stereocenters. The molecule has 0 radical (unpaired) electrons. The maximum absolute atomic E-state index is 5.45. The smallest absolute Gasteiger partial charge is 0.181 e. The van der Waals surface area contributed by atoms with E-state index in [-0.39, 0.29) is 0 Å². The highest BCUT2D eigenvalue weighted by atomic mass is 32.2. The second kappa shape index (κ2) is 7.73. The summed E-state index contributed by atoms with van der Waals surface area (Å²) in [6.45, 7) is 1.97. The van der Waals surface area contributed by atoms with E-state index in [2.05, 4.69) is 46.6 Å². The van der Waals surface area contributed by atoms with E-state index in [0.717, 1.165) is 27.9 Å². The lowest BCUT2D eigenvalue weighted by Crippen LogP contribution is -2.42. The Morgan fingerprint density at radius 1 is 1.32 bits per heavy atom. The molecular weight excluding hydrogens is 330 g/mol. The lowest BCUT2D eigenvalue weighted by atomic mass is 9.96. The van der Waals surface area contributed by atoms with Crippen LogP contribution in [0.3, 0.4) is 0 Å². The Morgan fingerprint density at radius 2 is 2.14 bits per heavy atom. The summed E-state index contributed by atoms with van der Waals surface area (Å²) >= 11 is 8.74. The first-order chi connectivity index (χ1) is 10.8. The number of hydrogen-bond acceptors (Lipinski definition) is 5. The number of thioether (sulfide) groups is 1. The number of piperidine rings is 1. The average Bonchev–Trinajstić information content (AvgIpc) is 2.90. The molecule has 1 fully saturated rings. The summed E-state index contributed by atoms with van der Waals surface area (Å²) in [4.78, 5) is 2.55. The van der Waals surface area contributed by atoms with Crippen LogP contribution >= 0.6 is 35.3 Å². The van der Waals surface area contributed by atoms with Crippen molar-refractivity contribution in [3.63, 3.8) is 0 Å². The van der Waals surface area contributed by atoms with Gasteiger partial charge >= 0.3 is 0 Å². The molecule has 0 saturated carbocycles. The third kappa shape index (κ3) is 3.98. The van der Waals surface area contributed by atoms with Crippen molar-refractivity contribution in [2.24, 2.45) is 0 Å². The van der Waals surface area contributed by atoms with Crippen LogP contribution in [0, 0.1) is 3.95 Å². The first kappa shape index (κ1) is 16.2. The van der Waals surface area contributed by atoms with Crippen molar-refractivity contribution in [3.05, 3.63) is 39.8 Å². The fourth-order valence-corrected chi connectivity index (χ4v) is 4.73. The van der Waals surface area contributed by atoms with Gasteiger partial charge in [0.2, 0.25) is 0 Å². The second-order valence-electron chi connectivity index (χ2n) is 5.63. The molecule has 1 aliphatic rings. The summed E-state index contributed by atoms with van der Waals surface area (Å²) in [7, 11) is 0. The van der Waals surface area contributed by atoms with Crippen LogP contribution in [0.15, 0.2) is 34.7 Å². The first-order valence-corrected chi connectivity index (χ1v) is 10.1. The van der Waals surface area contributed by atoms with Gasteiger partial charge in [0.05, 0.1) is 6.67 Å². The number of likely N-dealkylation sites (tertiary alicyclic amines) is 1. The van der Waals surface area contributed by atoms with Crippen molar-refractivity contribution in [3.8, 4) is 0 Å². The standard InChI is InChI=1S/C16H21N3S3/c1-21-15-17-19(16(20)22-15)12-18-10-6-5-9-14(18)11-13-7-3-2-4-8-13/h2-4,7-8,14H,5-6,9-12H2,1H3. The molecule has 0 bridgehead atoms. The van der Waals surface area contributed by atoms with Crippen molar-refractivity contribution in [2.75, 3.05) is 12.8 Å². The summed E-state index contributed by atoms with van der Waals surface area (Å²) in [5.41, 5.74) is 1.42. The molecule has 0 N–H and O–H groups in total.